The van der Waals surface area contributed by atoms with Gasteiger partial charge in [-0.1, -0.05) is 23.4 Å². The number of anilines is 2. The first kappa shape index (κ1) is 10.4. The van der Waals surface area contributed by atoms with Crippen molar-refractivity contribution in [3.8, 4) is 6.07 Å². The largest absolute Gasteiger partial charge is 0.354 e. The molecule has 0 bridgehead atoms. The van der Waals surface area contributed by atoms with Gasteiger partial charge in [-0.25, -0.2) is 0 Å². The normalized spacial score (nSPS) is 10.2. The Bertz CT molecular complexity index is 740. The van der Waals surface area contributed by atoms with E-state index in [4.69, 9.17) is 9.78 Å². The molecule has 1 aromatic heterocycles. The lowest BCUT2D eigenvalue weighted by molar-refractivity contribution is 0.460. The van der Waals surface area contributed by atoms with Gasteiger partial charge in [0.1, 0.15) is 0 Å². The molecule has 86 valence electrons. The molecule has 3 rings (SSSR count). The molecule has 0 unspecified atom stereocenters. The van der Waals surface area contributed by atoms with E-state index in [9.17, 15) is 0 Å². The van der Waals surface area contributed by atoms with Crippen LogP contribution in [0.4, 0.5) is 11.5 Å². The summed E-state index contributed by atoms with van der Waals surface area (Å²) in [5, 5.41) is 16.9. The van der Waals surface area contributed by atoms with Crippen molar-refractivity contribution in [1.82, 2.24) is 5.16 Å². The summed E-state index contributed by atoms with van der Waals surface area (Å²) in [5.41, 5.74) is 2.15. The molecule has 0 amide bonds. The maximum atomic E-state index is 8.85. The van der Waals surface area contributed by atoms with Crippen LogP contribution in [0.5, 0.6) is 0 Å². The van der Waals surface area contributed by atoms with E-state index in [2.05, 4.69) is 16.5 Å². The van der Waals surface area contributed by atoms with Crippen LogP contribution in [0.3, 0.4) is 0 Å². The van der Waals surface area contributed by atoms with Crippen LogP contribution in [0.2, 0.25) is 0 Å². The Labute approximate surface area is 103 Å². The summed E-state index contributed by atoms with van der Waals surface area (Å²) in [6.07, 6.45) is 0. The smallest absolute Gasteiger partial charge is 0.181 e. The molecule has 1 N–H and O–H groups in total. The highest BCUT2D eigenvalue weighted by molar-refractivity contribution is 5.89. The molecule has 0 atom stereocenters. The number of hydrogen-bond donors (Lipinski definition) is 1. The molecule has 0 saturated carbocycles. The van der Waals surface area contributed by atoms with Crippen molar-refractivity contribution in [2.45, 2.75) is 0 Å². The lowest BCUT2D eigenvalue weighted by atomic mass is 10.2. The van der Waals surface area contributed by atoms with Gasteiger partial charge in [-0.05, 0) is 30.3 Å². The van der Waals surface area contributed by atoms with Crippen molar-refractivity contribution in [2.24, 2.45) is 0 Å². The van der Waals surface area contributed by atoms with Crippen molar-refractivity contribution in [2.75, 3.05) is 5.32 Å². The summed E-state index contributed by atoms with van der Waals surface area (Å²) >= 11 is 0. The number of benzene rings is 2. The highest BCUT2D eigenvalue weighted by Gasteiger charge is 2.07. The number of nitriles is 1. The molecule has 0 aliphatic rings. The second-order valence-corrected chi connectivity index (χ2v) is 3.84. The number of rotatable bonds is 2. The van der Waals surface area contributed by atoms with Crippen molar-refractivity contribution in [3.63, 3.8) is 0 Å². The zero-order valence-electron chi connectivity index (χ0n) is 9.42. The fraction of sp³-hybridized carbons (Fsp3) is 0. The predicted molar refractivity (Wildman–Crippen MR) is 68.4 cm³/mol. The van der Waals surface area contributed by atoms with Crippen molar-refractivity contribution in [3.05, 3.63) is 54.1 Å². The highest BCUT2D eigenvalue weighted by atomic mass is 16.5. The maximum absolute atomic E-state index is 8.85. The second-order valence-electron chi connectivity index (χ2n) is 3.84. The summed E-state index contributed by atoms with van der Waals surface area (Å²) in [6, 6.07) is 16.9. The second kappa shape index (κ2) is 4.22. The minimum Gasteiger partial charge on any atom is -0.354 e. The Balaban J connectivity index is 1.99. The highest BCUT2D eigenvalue weighted by Crippen LogP contribution is 2.25. The monoisotopic (exact) mass is 235 g/mol. The summed E-state index contributed by atoms with van der Waals surface area (Å²) in [5.74, 6) is 0.653. The number of hydrogen-bond acceptors (Lipinski definition) is 4. The summed E-state index contributed by atoms with van der Waals surface area (Å²) in [6.45, 7) is 0. The Hall–Kier alpha value is -2.80. The van der Waals surface area contributed by atoms with Gasteiger partial charge in [-0.15, -0.1) is 0 Å². The van der Waals surface area contributed by atoms with E-state index >= 15 is 0 Å². The molecule has 3 aromatic rings. The average Bonchev–Trinajstić information content (AvgIpc) is 2.83. The number of aromatic nitrogens is 1. The van der Waals surface area contributed by atoms with Crippen molar-refractivity contribution in [1.29, 1.82) is 5.26 Å². The van der Waals surface area contributed by atoms with Crippen LogP contribution < -0.4 is 5.32 Å². The van der Waals surface area contributed by atoms with Crippen molar-refractivity contribution >= 4 is 22.5 Å². The van der Waals surface area contributed by atoms with Gasteiger partial charge in [-0.2, -0.15) is 5.26 Å². The molecular weight excluding hydrogens is 226 g/mol. The molecule has 18 heavy (non-hydrogen) atoms. The minimum atomic E-state index is 0.604. The van der Waals surface area contributed by atoms with Crippen molar-refractivity contribution < 1.29 is 4.52 Å². The third-order valence-electron chi connectivity index (χ3n) is 2.63. The van der Waals surface area contributed by atoms with Gasteiger partial charge in [0, 0.05) is 5.69 Å². The van der Waals surface area contributed by atoms with Gasteiger partial charge in [0.15, 0.2) is 11.4 Å². The zero-order chi connectivity index (χ0) is 12.4. The first-order chi connectivity index (χ1) is 8.86. The number of nitrogens with one attached hydrogen (secondary N) is 1. The van der Waals surface area contributed by atoms with E-state index < -0.39 is 0 Å². The lowest BCUT2D eigenvalue weighted by Gasteiger charge is -2.02. The Morgan fingerprint density at radius 1 is 1.11 bits per heavy atom. The topological polar surface area (TPSA) is 61.9 Å². The standard InChI is InChI=1S/C14H9N3O/c15-9-10-4-3-5-11(8-10)16-14-12-6-1-2-7-13(12)18-17-14/h1-8H,(H,16,17). The fourth-order valence-electron chi connectivity index (χ4n) is 1.78. The van der Waals surface area contributed by atoms with Gasteiger partial charge in [0.25, 0.3) is 0 Å². The third-order valence-corrected chi connectivity index (χ3v) is 2.63. The van der Waals surface area contributed by atoms with Gasteiger partial charge in [0.05, 0.1) is 17.0 Å². The minimum absolute atomic E-state index is 0.604. The van der Waals surface area contributed by atoms with E-state index in [1.165, 1.54) is 0 Å². The molecule has 0 radical (unpaired) electrons. The van der Waals surface area contributed by atoms with Crippen LogP contribution >= 0.6 is 0 Å². The third kappa shape index (κ3) is 1.78. The molecule has 1 heterocycles. The quantitative estimate of drug-likeness (QED) is 0.739. The first-order valence-corrected chi connectivity index (χ1v) is 5.48. The average molecular weight is 235 g/mol. The Morgan fingerprint density at radius 2 is 2.00 bits per heavy atom. The summed E-state index contributed by atoms with van der Waals surface area (Å²) in [4.78, 5) is 0. The van der Waals surface area contributed by atoms with Crippen LogP contribution in [-0.4, -0.2) is 5.16 Å². The molecule has 0 spiro atoms. The Kier molecular flexibility index (Phi) is 2.43. The Morgan fingerprint density at radius 3 is 2.89 bits per heavy atom. The van der Waals surface area contributed by atoms with Crippen LogP contribution in [0.1, 0.15) is 5.56 Å². The predicted octanol–water partition coefficient (Wildman–Crippen LogP) is 3.44. The zero-order valence-corrected chi connectivity index (χ0v) is 9.42. The first-order valence-electron chi connectivity index (χ1n) is 5.48. The van der Waals surface area contributed by atoms with Gasteiger partial charge in [-0.3, -0.25) is 0 Å². The van der Waals surface area contributed by atoms with Crippen LogP contribution in [0.15, 0.2) is 53.1 Å². The number of fused-ring (bicyclic) bond motifs is 1. The molecular formula is C14H9N3O. The van der Waals surface area contributed by atoms with E-state index in [0.29, 0.717) is 11.4 Å². The van der Waals surface area contributed by atoms with E-state index in [-0.39, 0.29) is 0 Å². The van der Waals surface area contributed by atoms with Gasteiger partial charge in [0.2, 0.25) is 0 Å². The molecule has 0 fully saturated rings. The number of nitrogens with zero attached hydrogens (tertiary/aromatic N) is 2. The van der Waals surface area contributed by atoms with Gasteiger partial charge >= 0.3 is 0 Å². The van der Waals surface area contributed by atoms with Crippen LogP contribution in [0, 0.1) is 11.3 Å². The van der Waals surface area contributed by atoms with E-state index in [1.54, 1.807) is 12.1 Å². The van der Waals surface area contributed by atoms with Gasteiger partial charge < -0.3 is 9.84 Å². The van der Waals surface area contributed by atoms with Crippen LogP contribution in [-0.2, 0) is 0 Å². The SMILES string of the molecule is N#Cc1cccc(Nc2noc3ccccc23)c1. The van der Waals surface area contributed by atoms with E-state index in [0.717, 1.165) is 16.7 Å². The van der Waals surface area contributed by atoms with Crippen LogP contribution in [0.25, 0.3) is 11.0 Å². The van der Waals surface area contributed by atoms with E-state index in [1.807, 2.05) is 36.4 Å². The number of para-hydroxylation sites is 1. The maximum Gasteiger partial charge on any atom is 0.181 e. The summed E-state index contributed by atoms with van der Waals surface area (Å²) < 4.78 is 5.20. The molecule has 0 aliphatic heterocycles. The summed E-state index contributed by atoms with van der Waals surface area (Å²) in [7, 11) is 0. The lowest BCUT2D eigenvalue weighted by Crippen LogP contribution is -1.91. The molecule has 0 saturated heterocycles. The molecule has 4 nitrogen and oxygen atoms in total. The molecule has 4 heteroatoms. The molecule has 0 aliphatic carbocycles. The fourth-order valence-corrected chi connectivity index (χ4v) is 1.78. The molecule has 2 aromatic carbocycles.